The van der Waals surface area contributed by atoms with Crippen molar-refractivity contribution >= 4 is 17.6 Å². The van der Waals surface area contributed by atoms with E-state index in [1.807, 2.05) is 0 Å². The number of nitrogens with one attached hydrogen (secondary N) is 1. The van der Waals surface area contributed by atoms with Crippen molar-refractivity contribution in [2.45, 2.75) is 20.0 Å². The Balaban J connectivity index is 2.10. The second-order valence-electron chi connectivity index (χ2n) is 5.11. The third-order valence-electron chi connectivity index (χ3n) is 2.89. The monoisotopic (exact) mass is 319 g/mol. The maximum atomic E-state index is 13.5. The molecule has 120 valence electrons. The standard InChI is InChI=1S/C17H15F2NO3/c1-10(2)23-17(22)11-3-6-13(7-4-11)20-16(21)14-9-12(18)5-8-15(14)19/h3-10H,1-2H3,(H,20,21). The predicted octanol–water partition coefficient (Wildman–Crippen LogP) is 3.78. The first-order chi connectivity index (χ1) is 10.9. The van der Waals surface area contributed by atoms with Crippen molar-refractivity contribution in [3.05, 3.63) is 65.2 Å². The Morgan fingerprint density at radius 1 is 1.04 bits per heavy atom. The van der Waals surface area contributed by atoms with E-state index in [-0.39, 0.29) is 6.10 Å². The average Bonchev–Trinajstić information content (AvgIpc) is 2.49. The third kappa shape index (κ3) is 4.35. The topological polar surface area (TPSA) is 55.4 Å². The molecule has 0 fully saturated rings. The molecule has 0 unspecified atom stereocenters. The molecule has 6 heteroatoms. The van der Waals surface area contributed by atoms with Crippen molar-refractivity contribution in [2.24, 2.45) is 0 Å². The van der Waals surface area contributed by atoms with Crippen LogP contribution in [0.1, 0.15) is 34.6 Å². The van der Waals surface area contributed by atoms with Crippen molar-refractivity contribution in [1.82, 2.24) is 0 Å². The fourth-order valence-electron chi connectivity index (χ4n) is 1.84. The lowest BCUT2D eigenvalue weighted by molar-refractivity contribution is 0.0378. The van der Waals surface area contributed by atoms with Crippen LogP contribution in [-0.2, 0) is 4.74 Å². The first kappa shape index (κ1) is 16.6. The van der Waals surface area contributed by atoms with E-state index in [0.29, 0.717) is 11.3 Å². The van der Waals surface area contributed by atoms with Crippen LogP contribution < -0.4 is 5.32 Å². The van der Waals surface area contributed by atoms with Gasteiger partial charge in [-0.2, -0.15) is 0 Å². The van der Waals surface area contributed by atoms with Crippen molar-refractivity contribution in [1.29, 1.82) is 0 Å². The highest BCUT2D eigenvalue weighted by Gasteiger charge is 2.14. The van der Waals surface area contributed by atoms with Crippen LogP contribution >= 0.6 is 0 Å². The van der Waals surface area contributed by atoms with Crippen molar-refractivity contribution in [3.8, 4) is 0 Å². The summed E-state index contributed by atoms with van der Waals surface area (Å²) in [5.41, 5.74) is 0.279. The quantitative estimate of drug-likeness (QED) is 0.873. The van der Waals surface area contributed by atoms with Gasteiger partial charge >= 0.3 is 5.97 Å². The van der Waals surface area contributed by atoms with E-state index < -0.39 is 29.1 Å². The predicted molar refractivity (Wildman–Crippen MR) is 81.3 cm³/mol. The van der Waals surface area contributed by atoms with Crippen LogP contribution in [0.4, 0.5) is 14.5 Å². The number of hydrogen-bond acceptors (Lipinski definition) is 3. The number of carbonyl (C=O) groups is 2. The molecule has 0 aromatic heterocycles. The first-order valence-electron chi connectivity index (χ1n) is 6.94. The minimum atomic E-state index is -0.818. The molecule has 23 heavy (non-hydrogen) atoms. The molecule has 2 aromatic carbocycles. The molecule has 0 aliphatic heterocycles. The van der Waals surface area contributed by atoms with Crippen LogP contribution in [0, 0.1) is 11.6 Å². The lowest BCUT2D eigenvalue weighted by Crippen LogP contribution is -2.15. The zero-order valence-corrected chi connectivity index (χ0v) is 12.6. The van der Waals surface area contributed by atoms with Crippen LogP contribution in [0.2, 0.25) is 0 Å². The molecule has 0 bridgehead atoms. The van der Waals surface area contributed by atoms with E-state index in [0.717, 1.165) is 18.2 Å². The summed E-state index contributed by atoms with van der Waals surface area (Å²) in [4.78, 5) is 23.6. The highest BCUT2D eigenvalue weighted by molar-refractivity contribution is 6.04. The fraction of sp³-hybridized carbons (Fsp3) is 0.176. The van der Waals surface area contributed by atoms with Gasteiger partial charge in [-0.05, 0) is 56.3 Å². The number of anilines is 1. The summed E-state index contributed by atoms with van der Waals surface area (Å²) in [6, 6.07) is 8.54. The molecule has 0 saturated heterocycles. The van der Waals surface area contributed by atoms with Gasteiger partial charge in [-0.3, -0.25) is 4.79 Å². The average molecular weight is 319 g/mol. The Hall–Kier alpha value is -2.76. The maximum absolute atomic E-state index is 13.5. The van der Waals surface area contributed by atoms with Gasteiger partial charge in [0.05, 0.1) is 17.2 Å². The SMILES string of the molecule is CC(C)OC(=O)c1ccc(NC(=O)c2cc(F)ccc2F)cc1. The molecule has 0 atom stereocenters. The molecule has 1 amide bonds. The van der Waals surface area contributed by atoms with E-state index in [4.69, 9.17) is 4.74 Å². The summed E-state index contributed by atoms with van der Waals surface area (Å²) in [5, 5.41) is 2.44. The molecule has 0 aliphatic rings. The number of ether oxygens (including phenoxy) is 1. The Kier molecular flexibility index (Phi) is 5.05. The van der Waals surface area contributed by atoms with E-state index >= 15 is 0 Å². The summed E-state index contributed by atoms with van der Waals surface area (Å²) < 4.78 is 31.7. The van der Waals surface area contributed by atoms with Gasteiger partial charge in [0.1, 0.15) is 11.6 Å². The highest BCUT2D eigenvalue weighted by Crippen LogP contribution is 2.15. The number of hydrogen-bond donors (Lipinski definition) is 1. The Bertz CT molecular complexity index is 727. The van der Waals surface area contributed by atoms with E-state index in [1.54, 1.807) is 13.8 Å². The molecule has 0 aliphatic carbocycles. The zero-order valence-electron chi connectivity index (χ0n) is 12.6. The summed E-state index contributed by atoms with van der Waals surface area (Å²) in [7, 11) is 0. The molecule has 4 nitrogen and oxygen atoms in total. The molecule has 0 radical (unpaired) electrons. The smallest absolute Gasteiger partial charge is 0.338 e. The van der Waals surface area contributed by atoms with Gasteiger partial charge < -0.3 is 10.1 Å². The summed E-state index contributed by atoms with van der Waals surface area (Å²) in [5.74, 6) is -2.78. The van der Waals surface area contributed by atoms with Crippen LogP contribution in [0.15, 0.2) is 42.5 Å². The van der Waals surface area contributed by atoms with Crippen LogP contribution in [0.3, 0.4) is 0 Å². The number of carbonyl (C=O) groups excluding carboxylic acids is 2. The third-order valence-corrected chi connectivity index (χ3v) is 2.89. The highest BCUT2D eigenvalue weighted by atomic mass is 19.1. The lowest BCUT2D eigenvalue weighted by Gasteiger charge is -2.09. The van der Waals surface area contributed by atoms with Gasteiger partial charge in [-0.1, -0.05) is 0 Å². The lowest BCUT2D eigenvalue weighted by atomic mass is 10.1. The minimum Gasteiger partial charge on any atom is -0.459 e. The van der Waals surface area contributed by atoms with E-state index in [2.05, 4.69) is 5.32 Å². The number of esters is 1. The fourth-order valence-corrected chi connectivity index (χ4v) is 1.84. The largest absolute Gasteiger partial charge is 0.459 e. The van der Waals surface area contributed by atoms with Crippen LogP contribution in [0.5, 0.6) is 0 Å². The number of rotatable bonds is 4. The van der Waals surface area contributed by atoms with Gasteiger partial charge in [-0.25, -0.2) is 13.6 Å². The minimum absolute atomic E-state index is 0.238. The number of benzene rings is 2. The zero-order chi connectivity index (χ0) is 17.0. The molecular weight excluding hydrogens is 304 g/mol. The Morgan fingerprint density at radius 2 is 1.70 bits per heavy atom. The first-order valence-corrected chi connectivity index (χ1v) is 6.94. The summed E-state index contributed by atoms with van der Waals surface area (Å²) in [6.07, 6.45) is -0.238. The normalized spacial score (nSPS) is 10.5. The molecule has 2 aromatic rings. The van der Waals surface area contributed by atoms with Crippen molar-refractivity contribution in [3.63, 3.8) is 0 Å². The molecular formula is C17H15F2NO3. The number of halogens is 2. The Labute approximate surface area is 132 Å². The van der Waals surface area contributed by atoms with Crippen molar-refractivity contribution < 1.29 is 23.1 Å². The number of amides is 1. The van der Waals surface area contributed by atoms with Gasteiger partial charge in [0.25, 0.3) is 5.91 Å². The van der Waals surface area contributed by atoms with Gasteiger partial charge in [0, 0.05) is 5.69 Å². The molecule has 0 saturated carbocycles. The summed E-state index contributed by atoms with van der Waals surface area (Å²) in [6.45, 7) is 3.47. The summed E-state index contributed by atoms with van der Waals surface area (Å²) >= 11 is 0. The van der Waals surface area contributed by atoms with E-state index in [9.17, 15) is 18.4 Å². The second kappa shape index (κ2) is 7.00. The second-order valence-corrected chi connectivity index (χ2v) is 5.11. The van der Waals surface area contributed by atoms with E-state index in [1.165, 1.54) is 24.3 Å². The molecule has 2 rings (SSSR count). The van der Waals surface area contributed by atoms with Crippen LogP contribution in [0.25, 0.3) is 0 Å². The molecule has 0 heterocycles. The molecule has 1 N–H and O–H groups in total. The Morgan fingerprint density at radius 3 is 2.30 bits per heavy atom. The maximum Gasteiger partial charge on any atom is 0.338 e. The van der Waals surface area contributed by atoms with Gasteiger partial charge in [0.15, 0.2) is 0 Å². The van der Waals surface area contributed by atoms with Gasteiger partial charge in [-0.15, -0.1) is 0 Å². The van der Waals surface area contributed by atoms with Crippen LogP contribution in [-0.4, -0.2) is 18.0 Å². The van der Waals surface area contributed by atoms with Gasteiger partial charge in [0.2, 0.25) is 0 Å². The van der Waals surface area contributed by atoms with Crippen molar-refractivity contribution in [2.75, 3.05) is 5.32 Å². The molecule has 0 spiro atoms.